The van der Waals surface area contributed by atoms with Crippen LogP contribution in [0, 0.1) is 0 Å². The van der Waals surface area contributed by atoms with E-state index in [0.717, 1.165) is 0 Å². The molecule has 0 saturated carbocycles. The number of amides is 1. The average Bonchev–Trinajstić information content (AvgIpc) is 2.43. The number of ether oxygens (including phenoxy) is 2. The molecule has 14 heavy (non-hydrogen) atoms. The number of methoxy groups -OCH3 is 1. The van der Waals surface area contributed by atoms with Gasteiger partial charge in [-0.25, -0.2) is 4.79 Å². The summed E-state index contributed by atoms with van der Waals surface area (Å²) in [5, 5.41) is 0. The second-order valence-electron chi connectivity index (χ2n) is 3.45. The highest BCUT2D eigenvalue weighted by atomic mass is 16.6. The van der Waals surface area contributed by atoms with Crippen molar-refractivity contribution in [2.45, 2.75) is 46.4 Å². The maximum atomic E-state index is 11.3. The van der Waals surface area contributed by atoms with Crippen molar-refractivity contribution in [2.24, 2.45) is 0 Å². The van der Waals surface area contributed by atoms with Crippen molar-refractivity contribution in [1.29, 1.82) is 0 Å². The second-order valence-corrected chi connectivity index (χ2v) is 3.45. The molecule has 0 aromatic heterocycles. The standard InChI is InChI=1S/C8H15NO3.C2H6/c1-6-5-12-8(2,3)9(6)7(10)11-4;1-2/h6H,5H2,1-4H3;1-2H3. The zero-order valence-electron chi connectivity index (χ0n) is 9.96. The van der Waals surface area contributed by atoms with Crippen molar-refractivity contribution in [3.8, 4) is 0 Å². The highest BCUT2D eigenvalue weighted by molar-refractivity contribution is 5.68. The Kier molecular flexibility index (Phi) is 4.91. The summed E-state index contributed by atoms with van der Waals surface area (Å²) < 4.78 is 10.1. The molecule has 0 aromatic carbocycles. The first-order chi connectivity index (χ1) is 6.49. The van der Waals surface area contributed by atoms with Crippen LogP contribution < -0.4 is 0 Å². The summed E-state index contributed by atoms with van der Waals surface area (Å²) in [6, 6.07) is 0.0902. The van der Waals surface area contributed by atoms with Gasteiger partial charge < -0.3 is 9.47 Å². The van der Waals surface area contributed by atoms with Crippen LogP contribution >= 0.6 is 0 Å². The van der Waals surface area contributed by atoms with Gasteiger partial charge in [-0.3, -0.25) is 4.90 Å². The molecular formula is C10H21NO3. The Labute approximate surface area is 86.2 Å². The van der Waals surface area contributed by atoms with E-state index in [1.165, 1.54) is 7.11 Å². The van der Waals surface area contributed by atoms with Gasteiger partial charge >= 0.3 is 6.09 Å². The third-order valence-electron chi connectivity index (χ3n) is 2.07. The van der Waals surface area contributed by atoms with E-state index in [-0.39, 0.29) is 12.1 Å². The molecule has 1 heterocycles. The minimum atomic E-state index is -0.535. The Bertz CT molecular complexity index is 192. The smallest absolute Gasteiger partial charge is 0.412 e. The first-order valence-corrected chi connectivity index (χ1v) is 5.00. The van der Waals surface area contributed by atoms with Crippen molar-refractivity contribution in [2.75, 3.05) is 13.7 Å². The molecule has 84 valence electrons. The fraction of sp³-hybridized carbons (Fsp3) is 0.900. The Balaban J connectivity index is 0.000000791. The van der Waals surface area contributed by atoms with Crippen LogP contribution in [0.15, 0.2) is 0 Å². The summed E-state index contributed by atoms with van der Waals surface area (Å²) >= 11 is 0. The molecule has 1 saturated heterocycles. The number of carbonyl (C=O) groups is 1. The quantitative estimate of drug-likeness (QED) is 0.606. The largest absolute Gasteiger partial charge is 0.453 e. The molecule has 1 unspecified atom stereocenters. The summed E-state index contributed by atoms with van der Waals surface area (Å²) in [4.78, 5) is 12.9. The molecule has 0 spiro atoms. The Hall–Kier alpha value is -0.770. The summed E-state index contributed by atoms with van der Waals surface area (Å²) in [6.45, 7) is 10.2. The lowest BCUT2D eigenvalue weighted by atomic mass is 10.2. The number of rotatable bonds is 0. The monoisotopic (exact) mass is 203 g/mol. The minimum absolute atomic E-state index is 0.0902. The van der Waals surface area contributed by atoms with Crippen molar-refractivity contribution in [1.82, 2.24) is 4.90 Å². The summed E-state index contributed by atoms with van der Waals surface area (Å²) in [7, 11) is 1.38. The third-order valence-corrected chi connectivity index (χ3v) is 2.07. The zero-order chi connectivity index (χ0) is 11.4. The predicted molar refractivity (Wildman–Crippen MR) is 55.1 cm³/mol. The first-order valence-electron chi connectivity index (χ1n) is 5.00. The number of carbonyl (C=O) groups excluding carboxylic acids is 1. The zero-order valence-corrected chi connectivity index (χ0v) is 9.96. The predicted octanol–water partition coefficient (Wildman–Crippen LogP) is 2.24. The van der Waals surface area contributed by atoms with Gasteiger partial charge in [0.05, 0.1) is 19.8 Å². The average molecular weight is 203 g/mol. The van der Waals surface area contributed by atoms with Gasteiger partial charge in [-0.15, -0.1) is 0 Å². The fourth-order valence-electron chi connectivity index (χ4n) is 1.50. The molecule has 0 aromatic rings. The van der Waals surface area contributed by atoms with Crippen molar-refractivity contribution in [3.05, 3.63) is 0 Å². The van der Waals surface area contributed by atoms with Crippen LogP contribution in [0.5, 0.6) is 0 Å². The van der Waals surface area contributed by atoms with E-state index in [9.17, 15) is 4.79 Å². The Morgan fingerprint density at radius 1 is 1.50 bits per heavy atom. The minimum Gasteiger partial charge on any atom is -0.453 e. The van der Waals surface area contributed by atoms with Gasteiger partial charge in [0, 0.05) is 0 Å². The molecule has 0 radical (unpaired) electrons. The van der Waals surface area contributed by atoms with Gasteiger partial charge in [-0.05, 0) is 20.8 Å². The van der Waals surface area contributed by atoms with Gasteiger partial charge in [0.15, 0.2) is 0 Å². The van der Waals surface area contributed by atoms with E-state index in [1.54, 1.807) is 4.90 Å². The molecule has 1 rings (SSSR count). The van der Waals surface area contributed by atoms with E-state index in [4.69, 9.17) is 4.74 Å². The summed E-state index contributed by atoms with van der Waals surface area (Å²) in [5.74, 6) is 0. The Morgan fingerprint density at radius 3 is 2.29 bits per heavy atom. The molecule has 0 N–H and O–H groups in total. The van der Waals surface area contributed by atoms with Gasteiger partial charge in [0.25, 0.3) is 0 Å². The van der Waals surface area contributed by atoms with Crippen molar-refractivity contribution < 1.29 is 14.3 Å². The van der Waals surface area contributed by atoms with Crippen LogP contribution in [0.1, 0.15) is 34.6 Å². The highest BCUT2D eigenvalue weighted by Gasteiger charge is 2.42. The van der Waals surface area contributed by atoms with E-state index in [1.807, 2.05) is 34.6 Å². The van der Waals surface area contributed by atoms with E-state index in [0.29, 0.717) is 6.61 Å². The third kappa shape index (κ3) is 2.61. The molecule has 0 bridgehead atoms. The second kappa shape index (κ2) is 5.20. The van der Waals surface area contributed by atoms with E-state index in [2.05, 4.69) is 4.74 Å². The number of hydrogen-bond acceptors (Lipinski definition) is 3. The molecule has 4 nitrogen and oxygen atoms in total. The first kappa shape index (κ1) is 13.2. The molecule has 1 aliphatic rings. The van der Waals surface area contributed by atoms with Crippen LogP contribution in [0.2, 0.25) is 0 Å². The lowest BCUT2D eigenvalue weighted by Crippen LogP contribution is -2.46. The molecule has 1 atom stereocenters. The van der Waals surface area contributed by atoms with Gasteiger partial charge in [0.1, 0.15) is 5.72 Å². The topological polar surface area (TPSA) is 38.8 Å². The molecule has 1 aliphatic heterocycles. The summed E-state index contributed by atoms with van der Waals surface area (Å²) in [5.41, 5.74) is -0.535. The van der Waals surface area contributed by atoms with Crippen LogP contribution in [0.25, 0.3) is 0 Å². The van der Waals surface area contributed by atoms with Gasteiger partial charge in [0.2, 0.25) is 0 Å². The van der Waals surface area contributed by atoms with Crippen LogP contribution in [0.4, 0.5) is 4.79 Å². The van der Waals surface area contributed by atoms with Crippen molar-refractivity contribution in [3.63, 3.8) is 0 Å². The fourth-order valence-corrected chi connectivity index (χ4v) is 1.50. The molecule has 1 fully saturated rings. The molecule has 1 amide bonds. The van der Waals surface area contributed by atoms with E-state index >= 15 is 0 Å². The lowest BCUT2D eigenvalue weighted by molar-refractivity contribution is -0.0445. The summed E-state index contributed by atoms with van der Waals surface area (Å²) in [6.07, 6.45) is -0.329. The van der Waals surface area contributed by atoms with Crippen LogP contribution in [-0.4, -0.2) is 36.5 Å². The molecular weight excluding hydrogens is 182 g/mol. The maximum Gasteiger partial charge on any atom is 0.412 e. The highest BCUT2D eigenvalue weighted by Crippen LogP contribution is 2.27. The molecule has 4 heteroatoms. The van der Waals surface area contributed by atoms with Gasteiger partial charge in [-0.2, -0.15) is 0 Å². The Morgan fingerprint density at radius 2 is 2.00 bits per heavy atom. The van der Waals surface area contributed by atoms with Crippen molar-refractivity contribution >= 4 is 6.09 Å². The number of hydrogen-bond donors (Lipinski definition) is 0. The SMILES string of the molecule is CC.COC(=O)N1C(C)COC1(C)C. The normalized spacial score (nSPS) is 23.9. The lowest BCUT2D eigenvalue weighted by Gasteiger charge is -2.30. The van der Waals surface area contributed by atoms with Crippen LogP contribution in [0.3, 0.4) is 0 Å². The van der Waals surface area contributed by atoms with E-state index < -0.39 is 5.72 Å². The van der Waals surface area contributed by atoms with Crippen LogP contribution in [-0.2, 0) is 9.47 Å². The maximum absolute atomic E-state index is 11.3. The number of nitrogens with zero attached hydrogens (tertiary/aromatic N) is 1. The molecule has 0 aliphatic carbocycles. The van der Waals surface area contributed by atoms with Gasteiger partial charge in [-0.1, -0.05) is 13.8 Å².